The maximum Gasteiger partial charge on any atom is 0.255 e. The Morgan fingerprint density at radius 3 is 1.86 bits per heavy atom. The molecule has 0 aliphatic heterocycles. The van der Waals surface area contributed by atoms with Crippen LogP contribution < -0.4 is 15.4 Å². The Morgan fingerprint density at radius 2 is 1.36 bits per heavy atom. The average Bonchev–Trinajstić information content (AvgIpc) is 2.61. The van der Waals surface area contributed by atoms with Crippen molar-refractivity contribution in [3.05, 3.63) is 59.7 Å². The molecule has 0 unspecified atom stereocenters. The van der Waals surface area contributed by atoms with Gasteiger partial charge in [0.15, 0.2) is 0 Å². The quantitative estimate of drug-likeness (QED) is 0.690. The second kappa shape index (κ2) is 8.53. The first-order valence-corrected chi connectivity index (χ1v) is 10.3. The third-order valence-corrected chi connectivity index (χ3v) is 5.22. The Labute approximate surface area is 165 Å². The molecule has 0 radical (unpaired) electrons. The first kappa shape index (κ1) is 21.6. The zero-order valence-corrected chi connectivity index (χ0v) is 17.2. The number of anilines is 1. The summed E-state index contributed by atoms with van der Waals surface area (Å²) in [6, 6.07) is 12.2. The highest BCUT2D eigenvalue weighted by Crippen LogP contribution is 2.14. The van der Waals surface area contributed by atoms with E-state index in [1.807, 2.05) is 20.8 Å². The topological polar surface area (TPSA) is 104 Å². The molecule has 0 fully saturated rings. The van der Waals surface area contributed by atoms with Gasteiger partial charge in [0.05, 0.1) is 4.90 Å². The molecular formula is C20H25N3O4S. The van der Waals surface area contributed by atoms with E-state index in [0.29, 0.717) is 16.8 Å². The summed E-state index contributed by atoms with van der Waals surface area (Å²) >= 11 is 0. The summed E-state index contributed by atoms with van der Waals surface area (Å²) < 4.78 is 26.3. The van der Waals surface area contributed by atoms with E-state index in [1.54, 1.807) is 31.2 Å². The van der Waals surface area contributed by atoms with E-state index in [0.717, 1.165) is 0 Å². The molecule has 8 heteroatoms. The third-order valence-electron chi connectivity index (χ3n) is 3.65. The number of nitrogens with one attached hydrogen (secondary N) is 3. The van der Waals surface area contributed by atoms with Gasteiger partial charge in [0.2, 0.25) is 10.0 Å². The molecule has 0 saturated carbocycles. The van der Waals surface area contributed by atoms with Crippen molar-refractivity contribution in [1.29, 1.82) is 0 Å². The number of hydrogen-bond donors (Lipinski definition) is 3. The fourth-order valence-corrected chi connectivity index (χ4v) is 3.42. The predicted octanol–water partition coefficient (Wildman–Crippen LogP) is 2.77. The lowest BCUT2D eigenvalue weighted by atomic mass is 10.1. The van der Waals surface area contributed by atoms with Gasteiger partial charge < -0.3 is 10.6 Å². The molecule has 0 aliphatic rings. The minimum absolute atomic E-state index is 0.0973. The van der Waals surface area contributed by atoms with Crippen LogP contribution in [0.2, 0.25) is 0 Å². The van der Waals surface area contributed by atoms with Crippen molar-refractivity contribution in [3.8, 4) is 0 Å². The zero-order chi connectivity index (χ0) is 20.9. The van der Waals surface area contributed by atoms with E-state index in [9.17, 15) is 18.0 Å². The Hall–Kier alpha value is -2.71. The van der Waals surface area contributed by atoms with Crippen molar-refractivity contribution < 1.29 is 18.0 Å². The first-order valence-electron chi connectivity index (χ1n) is 8.85. The standard InChI is InChI=1S/C20H25N3O4S/c1-5-21-28(26,27)17-12-8-14(9-13-17)18(24)22-16-10-6-15(7-11-16)19(25)23-20(2,3)4/h6-13,21H,5H2,1-4H3,(H,22,24)(H,23,25). The van der Waals surface area contributed by atoms with Crippen molar-refractivity contribution >= 4 is 27.5 Å². The molecule has 2 aromatic rings. The number of carbonyl (C=O) groups excluding carboxylic acids is 2. The van der Waals surface area contributed by atoms with E-state index >= 15 is 0 Å². The highest BCUT2D eigenvalue weighted by atomic mass is 32.2. The van der Waals surface area contributed by atoms with Gasteiger partial charge in [-0.15, -0.1) is 0 Å². The minimum Gasteiger partial charge on any atom is -0.347 e. The molecule has 2 rings (SSSR count). The molecule has 2 amide bonds. The lowest BCUT2D eigenvalue weighted by molar-refractivity contribution is 0.0919. The molecule has 0 saturated heterocycles. The Bertz CT molecular complexity index is 944. The highest BCUT2D eigenvalue weighted by molar-refractivity contribution is 7.89. The molecule has 0 heterocycles. The van der Waals surface area contributed by atoms with Gasteiger partial charge in [-0.25, -0.2) is 13.1 Å². The summed E-state index contributed by atoms with van der Waals surface area (Å²) in [5, 5.41) is 5.59. The summed E-state index contributed by atoms with van der Waals surface area (Å²) in [7, 11) is -3.56. The maximum absolute atomic E-state index is 12.4. The number of rotatable bonds is 6. The van der Waals surface area contributed by atoms with E-state index in [-0.39, 0.29) is 28.8 Å². The molecule has 150 valence electrons. The van der Waals surface area contributed by atoms with Gasteiger partial charge in [0, 0.05) is 28.9 Å². The monoisotopic (exact) mass is 403 g/mol. The van der Waals surface area contributed by atoms with Crippen molar-refractivity contribution in [3.63, 3.8) is 0 Å². The SMILES string of the molecule is CCNS(=O)(=O)c1ccc(C(=O)Nc2ccc(C(=O)NC(C)(C)C)cc2)cc1. The van der Waals surface area contributed by atoms with Crippen LogP contribution >= 0.6 is 0 Å². The van der Waals surface area contributed by atoms with Gasteiger partial charge in [-0.2, -0.15) is 0 Å². The van der Waals surface area contributed by atoms with Gasteiger partial charge in [-0.3, -0.25) is 9.59 Å². The van der Waals surface area contributed by atoms with Crippen LogP contribution in [0.15, 0.2) is 53.4 Å². The van der Waals surface area contributed by atoms with Crippen LogP contribution in [-0.4, -0.2) is 32.3 Å². The van der Waals surface area contributed by atoms with Gasteiger partial charge in [-0.1, -0.05) is 6.92 Å². The normalized spacial score (nSPS) is 11.7. The number of sulfonamides is 1. The molecule has 7 nitrogen and oxygen atoms in total. The largest absolute Gasteiger partial charge is 0.347 e. The summed E-state index contributed by atoms with van der Waals surface area (Å²) in [6.07, 6.45) is 0. The summed E-state index contributed by atoms with van der Waals surface area (Å²) in [5.74, 6) is -0.567. The molecule has 0 atom stereocenters. The van der Waals surface area contributed by atoms with Gasteiger partial charge in [0.1, 0.15) is 0 Å². The minimum atomic E-state index is -3.56. The van der Waals surface area contributed by atoms with E-state index < -0.39 is 10.0 Å². The highest BCUT2D eigenvalue weighted by Gasteiger charge is 2.16. The number of benzene rings is 2. The zero-order valence-electron chi connectivity index (χ0n) is 16.4. The molecule has 3 N–H and O–H groups in total. The van der Waals surface area contributed by atoms with Gasteiger partial charge >= 0.3 is 0 Å². The van der Waals surface area contributed by atoms with Crippen LogP contribution in [0.3, 0.4) is 0 Å². The lowest BCUT2D eigenvalue weighted by Gasteiger charge is -2.20. The average molecular weight is 404 g/mol. The molecular weight excluding hydrogens is 378 g/mol. The van der Waals surface area contributed by atoms with Crippen LogP contribution in [0.1, 0.15) is 48.4 Å². The second-order valence-electron chi connectivity index (χ2n) is 7.26. The van der Waals surface area contributed by atoms with Gasteiger partial charge in [0.25, 0.3) is 11.8 Å². The third kappa shape index (κ3) is 5.90. The van der Waals surface area contributed by atoms with Crippen LogP contribution in [0.4, 0.5) is 5.69 Å². The summed E-state index contributed by atoms with van der Waals surface area (Å²) in [4.78, 5) is 24.6. The van der Waals surface area contributed by atoms with Crippen LogP contribution in [0.5, 0.6) is 0 Å². The second-order valence-corrected chi connectivity index (χ2v) is 9.03. The van der Waals surface area contributed by atoms with E-state index in [1.165, 1.54) is 24.3 Å². The van der Waals surface area contributed by atoms with Crippen LogP contribution in [-0.2, 0) is 10.0 Å². The summed E-state index contributed by atoms with van der Waals surface area (Å²) in [6.45, 7) is 7.67. The fraction of sp³-hybridized carbons (Fsp3) is 0.300. The van der Waals surface area contributed by atoms with Crippen molar-refractivity contribution in [2.75, 3.05) is 11.9 Å². The number of carbonyl (C=O) groups is 2. The lowest BCUT2D eigenvalue weighted by Crippen LogP contribution is -2.40. The summed E-state index contributed by atoms with van der Waals surface area (Å²) in [5.41, 5.74) is 1.01. The van der Waals surface area contributed by atoms with Crippen molar-refractivity contribution in [2.24, 2.45) is 0 Å². The Kier molecular flexibility index (Phi) is 6.58. The smallest absolute Gasteiger partial charge is 0.255 e. The van der Waals surface area contributed by atoms with E-state index in [4.69, 9.17) is 0 Å². The molecule has 28 heavy (non-hydrogen) atoms. The Balaban J connectivity index is 2.06. The van der Waals surface area contributed by atoms with Crippen molar-refractivity contribution in [2.45, 2.75) is 38.1 Å². The first-order chi connectivity index (χ1) is 13.0. The molecule has 0 spiro atoms. The fourth-order valence-electron chi connectivity index (χ4n) is 2.38. The predicted molar refractivity (Wildman–Crippen MR) is 109 cm³/mol. The molecule has 0 aromatic heterocycles. The van der Waals surface area contributed by atoms with Crippen LogP contribution in [0, 0.1) is 0 Å². The molecule has 2 aromatic carbocycles. The Morgan fingerprint density at radius 1 is 0.857 bits per heavy atom. The maximum atomic E-state index is 12.4. The van der Waals surface area contributed by atoms with Crippen molar-refractivity contribution in [1.82, 2.24) is 10.0 Å². The molecule has 0 bridgehead atoms. The van der Waals surface area contributed by atoms with E-state index in [2.05, 4.69) is 15.4 Å². The van der Waals surface area contributed by atoms with Gasteiger partial charge in [-0.05, 0) is 69.3 Å². The molecule has 0 aliphatic carbocycles. The number of amides is 2. The van der Waals surface area contributed by atoms with Crippen LogP contribution in [0.25, 0.3) is 0 Å². The number of hydrogen-bond acceptors (Lipinski definition) is 4.